The second kappa shape index (κ2) is 9.31. The standard InChI is InChI=1S/C22H31N5O2/c1-29-20-8-6-7-19(17-20)27-12-9-23-22(27)26-15-13-24(14-16-26)18-21(28)25-10-4-2-3-5-11-25/h6-9,12,17H,2-5,10-11,13-16,18H2,1H3. The minimum absolute atomic E-state index is 0.290. The Morgan fingerprint density at radius 1 is 1.03 bits per heavy atom. The highest BCUT2D eigenvalue weighted by atomic mass is 16.5. The summed E-state index contributed by atoms with van der Waals surface area (Å²) in [6.45, 7) is 5.89. The highest BCUT2D eigenvalue weighted by Crippen LogP contribution is 2.23. The van der Waals surface area contributed by atoms with E-state index in [1.54, 1.807) is 7.11 Å². The molecule has 3 heterocycles. The van der Waals surface area contributed by atoms with Gasteiger partial charge in [-0.1, -0.05) is 18.9 Å². The van der Waals surface area contributed by atoms with E-state index in [4.69, 9.17) is 4.74 Å². The van der Waals surface area contributed by atoms with Crippen LogP contribution in [0.5, 0.6) is 5.75 Å². The number of methoxy groups -OCH3 is 1. The molecule has 0 radical (unpaired) electrons. The number of amides is 1. The largest absolute Gasteiger partial charge is 0.497 e. The summed E-state index contributed by atoms with van der Waals surface area (Å²) < 4.78 is 7.45. The van der Waals surface area contributed by atoms with Gasteiger partial charge in [0, 0.05) is 57.7 Å². The molecule has 1 aromatic carbocycles. The Bertz CT molecular complexity index is 805. The molecule has 0 saturated carbocycles. The topological polar surface area (TPSA) is 53.8 Å². The number of carbonyl (C=O) groups excluding carboxylic acids is 1. The van der Waals surface area contributed by atoms with E-state index in [0.717, 1.165) is 69.5 Å². The number of carbonyl (C=O) groups is 1. The number of piperazine rings is 1. The lowest BCUT2D eigenvalue weighted by atomic mass is 10.2. The Hall–Kier alpha value is -2.54. The fraction of sp³-hybridized carbons (Fsp3) is 0.545. The molecule has 0 spiro atoms. The Balaban J connectivity index is 1.35. The van der Waals surface area contributed by atoms with Gasteiger partial charge in [0.15, 0.2) is 0 Å². The van der Waals surface area contributed by atoms with E-state index in [1.165, 1.54) is 12.8 Å². The third-order valence-corrected chi connectivity index (χ3v) is 5.93. The highest BCUT2D eigenvalue weighted by molar-refractivity contribution is 5.78. The molecule has 2 aliphatic rings. The molecule has 2 saturated heterocycles. The number of anilines is 1. The first-order valence-corrected chi connectivity index (χ1v) is 10.7. The van der Waals surface area contributed by atoms with Gasteiger partial charge in [-0.2, -0.15) is 0 Å². The first-order valence-electron chi connectivity index (χ1n) is 10.7. The maximum absolute atomic E-state index is 12.7. The monoisotopic (exact) mass is 397 g/mol. The minimum atomic E-state index is 0.290. The van der Waals surface area contributed by atoms with Crippen LogP contribution in [0.4, 0.5) is 5.95 Å². The van der Waals surface area contributed by atoms with Gasteiger partial charge >= 0.3 is 0 Å². The van der Waals surface area contributed by atoms with Crippen LogP contribution in [0.25, 0.3) is 5.69 Å². The summed E-state index contributed by atoms with van der Waals surface area (Å²) >= 11 is 0. The maximum Gasteiger partial charge on any atom is 0.236 e. The molecule has 4 rings (SSSR count). The predicted octanol–water partition coefficient (Wildman–Crippen LogP) is 2.41. The molecule has 1 aromatic heterocycles. The number of hydrogen-bond acceptors (Lipinski definition) is 5. The third-order valence-electron chi connectivity index (χ3n) is 5.93. The summed E-state index contributed by atoms with van der Waals surface area (Å²) in [5, 5.41) is 0. The predicted molar refractivity (Wildman–Crippen MR) is 114 cm³/mol. The quantitative estimate of drug-likeness (QED) is 0.776. The van der Waals surface area contributed by atoms with Crippen molar-refractivity contribution in [2.75, 3.05) is 57.8 Å². The van der Waals surface area contributed by atoms with Crippen molar-refractivity contribution in [2.45, 2.75) is 25.7 Å². The Kier molecular flexibility index (Phi) is 6.34. The number of imidazole rings is 1. The molecule has 0 atom stereocenters. The summed E-state index contributed by atoms with van der Waals surface area (Å²) in [6.07, 6.45) is 8.62. The van der Waals surface area contributed by atoms with E-state index < -0.39 is 0 Å². The van der Waals surface area contributed by atoms with Crippen molar-refractivity contribution < 1.29 is 9.53 Å². The maximum atomic E-state index is 12.7. The van der Waals surface area contributed by atoms with Crippen LogP contribution in [0.2, 0.25) is 0 Å². The van der Waals surface area contributed by atoms with Gasteiger partial charge in [-0.05, 0) is 25.0 Å². The van der Waals surface area contributed by atoms with E-state index >= 15 is 0 Å². The number of rotatable bonds is 5. The molecule has 29 heavy (non-hydrogen) atoms. The number of ether oxygens (including phenoxy) is 1. The van der Waals surface area contributed by atoms with Crippen LogP contribution in [0, 0.1) is 0 Å². The van der Waals surface area contributed by atoms with Crippen molar-refractivity contribution in [3.05, 3.63) is 36.7 Å². The molecule has 2 aliphatic heterocycles. The molecule has 7 nitrogen and oxygen atoms in total. The zero-order valence-corrected chi connectivity index (χ0v) is 17.3. The van der Waals surface area contributed by atoms with Crippen LogP contribution in [0.3, 0.4) is 0 Å². The average Bonchev–Trinajstić information content (AvgIpc) is 3.09. The number of nitrogens with zero attached hydrogens (tertiary/aromatic N) is 5. The minimum Gasteiger partial charge on any atom is -0.497 e. The molecule has 0 bridgehead atoms. The van der Waals surface area contributed by atoms with Crippen molar-refractivity contribution in [1.82, 2.24) is 19.4 Å². The number of hydrogen-bond donors (Lipinski definition) is 0. The molecule has 2 fully saturated rings. The van der Waals surface area contributed by atoms with Crippen LogP contribution in [-0.4, -0.2) is 78.2 Å². The Morgan fingerprint density at radius 3 is 2.52 bits per heavy atom. The van der Waals surface area contributed by atoms with Gasteiger partial charge in [0.25, 0.3) is 0 Å². The Morgan fingerprint density at radius 2 is 1.79 bits per heavy atom. The third kappa shape index (κ3) is 4.72. The summed E-state index contributed by atoms with van der Waals surface area (Å²) in [6, 6.07) is 8.01. The van der Waals surface area contributed by atoms with E-state index in [1.807, 2.05) is 30.6 Å². The normalized spacial score (nSPS) is 18.5. The van der Waals surface area contributed by atoms with E-state index in [9.17, 15) is 4.79 Å². The van der Waals surface area contributed by atoms with Crippen molar-refractivity contribution in [1.29, 1.82) is 0 Å². The van der Waals surface area contributed by atoms with Gasteiger partial charge in [0.1, 0.15) is 5.75 Å². The summed E-state index contributed by atoms with van der Waals surface area (Å²) in [5.74, 6) is 2.06. The molecule has 7 heteroatoms. The van der Waals surface area contributed by atoms with Crippen LogP contribution < -0.4 is 9.64 Å². The lowest BCUT2D eigenvalue weighted by Gasteiger charge is -2.36. The summed E-state index contributed by atoms with van der Waals surface area (Å²) in [7, 11) is 1.68. The van der Waals surface area contributed by atoms with Crippen molar-refractivity contribution in [3.8, 4) is 11.4 Å². The fourth-order valence-corrected chi connectivity index (χ4v) is 4.21. The lowest BCUT2D eigenvalue weighted by Crippen LogP contribution is -2.50. The van der Waals surface area contributed by atoms with Gasteiger partial charge in [0.2, 0.25) is 11.9 Å². The lowest BCUT2D eigenvalue weighted by molar-refractivity contribution is -0.132. The van der Waals surface area contributed by atoms with Crippen molar-refractivity contribution in [3.63, 3.8) is 0 Å². The average molecular weight is 398 g/mol. The van der Waals surface area contributed by atoms with Crippen molar-refractivity contribution >= 4 is 11.9 Å². The van der Waals surface area contributed by atoms with Crippen molar-refractivity contribution in [2.24, 2.45) is 0 Å². The van der Waals surface area contributed by atoms with E-state index in [0.29, 0.717) is 12.5 Å². The van der Waals surface area contributed by atoms with Gasteiger partial charge < -0.3 is 14.5 Å². The number of benzene rings is 1. The van der Waals surface area contributed by atoms with Crippen LogP contribution in [0.15, 0.2) is 36.7 Å². The number of aromatic nitrogens is 2. The van der Waals surface area contributed by atoms with Gasteiger partial charge in [-0.3, -0.25) is 14.3 Å². The Labute approximate surface area is 172 Å². The van der Waals surface area contributed by atoms with Crippen LogP contribution >= 0.6 is 0 Å². The van der Waals surface area contributed by atoms with Gasteiger partial charge in [-0.25, -0.2) is 4.98 Å². The smallest absolute Gasteiger partial charge is 0.236 e. The second-order valence-electron chi connectivity index (χ2n) is 7.86. The molecule has 0 N–H and O–H groups in total. The number of likely N-dealkylation sites (tertiary alicyclic amines) is 1. The SMILES string of the molecule is COc1cccc(-n2ccnc2N2CCN(CC(=O)N3CCCCCC3)CC2)c1. The molecular weight excluding hydrogens is 366 g/mol. The highest BCUT2D eigenvalue weighted by Gasteiger charge is 2.24. The van der Waals surface area contributed by atoms with E-state index in [-0.39, 0.29) is 0 Å². The van der Waals surface area contributed by atoms with E-state index in [2.05, 4.69) is 30.3 Å². The zero-order chi connectivity index (χ0) is 20.1. The molecule has 1 amide bonds. The van der Waals surface area contributed by atoms with Gasteiger partial charge in [0.05, 0.1) is 19.3 Å². The first-order chi connectivity index (χ1) is 14.2. The second-order valence-corrected chi connectivity index (χ2v) is 7.86. The zero-order valence-electron chi connectivity index (χ0n) is 17.3. The molecule has 0 aliphatic carbocycles. The molecule has 0 unspecified atom stereocenters. The molecule has 2 aromatic rings. The summed E-state index contributed by atoms with van der Waals surface area (Å²) in [5.41, 5.74) is 1.04. The first kappa shape index (κ1) is 19.8. The van der Waals surface area contributed by atoms with Gasteiger partial charge in [-0.15, -0.1) is 0 Å². The van der Waals surface area contributed by atoms with Crippen LogP contribution in [-0.2, 0) is 4.79 Å². The molecular formula is C22H31N5O2. The van der Waals surface area contributed by atoms with Crippen LogP contribution in [0.1, 0.15) is 25.7 Å². The summed E-state index contributed by atoms with van der Waals surface area (Å²) in [4.78, 5) is 23.9. The molecule has 156 valence electrons. The fourth-order valence-electron chi connectivity index (χ4n) is 4.21.